The highest BCUT2D eigenvalue weighted by Gasteiger charge is 2.46. The summed E-state index contributed by atoms with van der Waals surface area (Å²) in [5.41, 5.74) is 0.710. The number of likely N-dealkylation sites (tertiary alicyclic amines) is 1. The summed E-state index contributed by atoms with van der Waals surface area (Å²) >= 11 is 5.44. The van der Waals surface area contributed by atoms with Gasteiger partial charge in [-0.2, -0.15) is 0 Å². The molecule has 2 unspecified atom stereocenters. The first kappa shape index (κ1) is 22.8. The molecule has 2 heterocycles. The molecule has 0 aromatic heterocycles. The number of rotatable bonds is 4. The lowest BCUT2D eigenvalue weighted by molar-refractivity contribution is -0.385. The standard InChI is InChI=1S/C21H26N4O5S/c1-13(2)30-19(26)17-14(3)22-20(31)24(21(27)23-10-5-4-6-11-23)18(17)15-8-7-9-16(12-15)25(28)29/h7-9,12-13,17-18H,4-6,10-11H2,1-3H3. The lowest BCUT2D eigenvalue weighted by Gasteiger charge is -2.41. The number of nitro groups is 1. The maximum Gasteiger partial charge on any atom is 0.326 e. The average molecular weight is 447 g/mol. The SMILES string of the molecule is CC1=NC(=S)N(C(=O)N2CCCCC2)C(c2cccc([N+](=O)[O-])c2)C1C(=O)OC(C)C. The number of carbonyl (C=O) groups is 2. The first-order valence-corrected chi connectivity index (χ1v) is 10.7. The fourth-order valence-electron chi connectivity index (χ4n) is 3.98. The lowest BCUT2D eigenvalue weighted by atomic mass is 9.86. The van der Waals surface area contributed by atoms with Crippen LogP contribution in [0.25, 0.3) is 0 Å². The molecule has 0 bridgehead atoms. The Morgan fingerprint density at radius 1 is 1.26 bits per heavy atom. The van der Waals surface area contributed by atoms with Crippen molar-refractivity contribution in [3.8, 4) is 0 Å². The molecule has 2 aliphatic rings. The van der Waals surface area contributed by atoms with Crippen LogP contribution in [0.15, 0.2) is 29.3 Å². The fourth-order valence-corrected chi connectivity index (χ4v) is 4.31. The Labute approximate surface area is 186 Å². The van der Waals surface area contributed by atoms with E-state index in [4.69, 9.17) is 17.0 Å². The molecule has 0 saturated carbocycles. The maximum atomic E-state index is 13.5. The second-order valence-corrected chi connectivity index (χ2v) is 8.36. The summed E-state index contributed by atoms with van der Waals surface area (Å²) in [7, 11) is 0. The number of esters is 1. The highest BCUT2D eigenvalue weighted by atomic mass is 32.1. The van der Waals surface area contributed by atoms with Gasteiger partial charge in [0.2, 0.25) is 5.11 Å². The molecule has 2 atom stereocenters. The molecule has 1 saturated heterocycles. The molecule has 31 heavy (non-hydrogen) atoms. The number of thiocarbonyl (C=S) groups is 1. The lowest BCUT2D eigenvalue weighted by Crippen LogP contribution is -2.54. The second-order valence-electron chi connectivity index (χ2n) is 8.00. The smallest absolute Gasteiger partial charge is 0.326 e. The van der Waals surface area contributed by atoms with E-state index in [9.17, 15) is 19.7 Å². The largest absolute Gasteiger partial charge is 0.462 e. The van der Waals surface area contributed by atoms with Crippen LogP contribution >= 0.6 is 12.2 Å². The van der Waals surface area contributed by atoms with Gasteiger partial charge in [-0.05, 0) is 57.8 Å². The maximum absolute atomic E-state index is 13.5. The molecular formula is C21H26N4O5S. The molecule has 1 aromatic rings. The van der Waals surface area contributed by atoms with Crippen molar-refractivity contribution >= 4 is 40.7 Å². The number of piperidine rings is 1. The number of urea groups is 1. The molecule has 0 radical (unpaired) electrons. The van der Waals surface area contributed by atoms with Gasteiger partial charge in [-0.25, -0.2) is 9.79 Å². The molecule has 0 aliphatic carbocycles. The van der Waals surface area contributed by atoms with Crippen LogP contribution in [0.2, 0.25) is 0 Å². The monoisotopic (exact) mass is 446 g/mol. The van der Waals surface area contributed by atoms with Crippen molar-refractivity contribution in [2.24, 2.45) is 10.9 Å². The average Bonchev–Trinajstić information content (AvgIpc) is 2.72. The molecule has 0 spiro atoms. The number of hydrogen-bond acceptors (Lipinski definition) is 6. The Hall–Kier alpha value is -2.88. The van der Waals surface area contributed by atoms with E-state index in [1.807, 2.05) is 0 Å². The van der Waals surface area contributed by atoms with Gasteiger partial charge in [-0.1, -0.05) is 12.1 Å². The van der Waals surface area contributed by atoms with Gasteiger partial charge in [0.05, 0.1) is 17.1 Å². The number of carbonyl (C=O) groups excluding carboxylic acids is 2. The van der Waals surface area contributed by atoms with Gasteiger partial charge in [-0.3, -0.25) is 19.8 Å². The number of hydrogen-bond donors (Lipinski definition) is 0. The predicted molar refractivity (Wildman–Crippen MR) is 119 cm³/mol. The number of amides is 2. The topological polar surface area (TPSA) is 105 Å². The van der Waals surface area contributed by atoms with Crippen molar-refractivity contribution < 1.29 is 19.2 Å². The van der Waals surface area contributed by atoms with Crippen LogP contribution < -0.4 is 0 Å². The third kappa shape index (κ3) is 4.90. The van der Waals surface area contributed by atoms with E-state index in [1.165, 1.54) is 23.1 Å². The van der Waals surface area contributed by atoms with Gasteiger partial charge in [0.15, 0.2) is 0 Å². The number of ether oxygens (including phenoxy) is 1. The van der Waals surface area contributed by atoms with Gasteiger partial charge in [0.1, 0.15) is 5.92 Å². The quantitative estimate of drug-likeness (QED) is 0.301. The van der Waals surface area contributed by atoms with Crippen molar-refractivity contribution in [1.82, 2.24) is 9.80 Å². The summed E-state index contributed by atoms with van der Waals surface area (Å²) in [6.07, 6.45) is 2.44. The molecule has 1 fully saturated rings. The zero-order valence-electron chi connectivity index (χ0n) is 17.8. The molecule has 166 valence electrons. The van der Waals surface area contributed by atoms with E-state index in [0.717, 1.165) is 19.3 Å². The fraction of sp³-hybridized carbons (Fsp3) is 0.524. The van der Waals surface area contributed by atoms with Crippen molar-refractivity contribution in [2.45, 2.75) is 52.2 Å². The Kier molecular flexibility index (Phi) is 6.99. The van der Waals surface area contributed by atoms with Crippen molar-refractivity contribution in [3.63, 3.8) is 0 Å². The van der Waals surface area contributed by atoms with E-state index < -0.39 is 22.9 Å². The second kappa shape index (κ2) is 9.51. The van der Waals surface area contributed by atoms with Gasteiger partial charge >= 0.3 is 12.0 Å². The first-order valence-electron chi connectivity index (χ1n) is 10.3. The van der Waals surface area contributed by atoms with Crippen LogP contribution in [0, 0.1) is 16.0 Å². The summed E-state index contributed by atoms with van der Waals surface area (Å²) in [6, 6.07) is 4.70. The molecule has 10 heteroatoms. The van der Waals surface area contributed by atoms with Crippen LogP contribution in [0.3, 0.4) is 0 Å². The van der Waals surface area contributed by atoms with Gasteiger partial charge in [0, 0.05) is 30.9 Å². The molecule has 1 aromatic carbocycles. The Morgan fingerprint density at radius 2 is 1.94 bits per heavy atom. The van der Waals surface area contributed by atoms with Crippen molar-refractivity contribution in [1.29, 1.82) is 0 Å². The van der Waals surface area contributed by atoms with Crippen LogP contribution in [0.1, 0.15) is 51.6 Å². The molecule has 2 amide bonds. The van der Waals surface area contributed by atoms with E-state index >= 15 is 0 Å². The number of nitro benzene ring substituents is 1. The molecule has 3 rings (SSSR count). The normalized spacial score (nSPS) is 21.7. The summed E-state index contributed by atoms with van der Waals surface area (Å²) < 4.78 is 5.45. The van der Waals surface area contributed by atoms with E-state index in [-0.39, 0.29) is 22.9 Å². The first-order chi connectivity index (χ1) is 14.7. The minimum Gasteiger partial charge on any atom is -0.462 e. The summed E-state index contributed by atoms with van der Waals surface area (Å²) in [4.78, 5) is 44.7. The third-order valence-corrected chi connectivity index (χ3v) is 5.67. The minimum atomic E-state index is -0.926. The summed E-state index contributed by atoms with van der Waals surface area (Å²) in [5.74, 6) is -1.48. The van der Waals surface area contributed by atoms with Crippen molar-refractivity contribution in [3.05, 3.63) is 39.9 Å². The zero-order valence-corrected chi connectivity index (χ0v) is 18.6. The highest BCUT2D eigenvalue weighted by molar-refractivity contribution is 7.80. The minimum absolute atomic E-state index is 0.0400. The number of benzene rings is 1. The zero-order chi connectivity index (χ0) is 22.7. The van der Waals surface area contributed by atoms with E-state index in [1.54, 1.807) is 31.7 Å². The van der Waals surface area contributed by atoms with Gasteiger partial charge in [-0.15, -0.1) is 0 Å². The predicted octanol–water partition coefficient (Wildman–Crippen LogP) is 3.87. The van der Waals surface area contributed by atoms with Gasteiger partial charge < -0.3 is 9.64 Å². The molecule has 0 N–H and O–H groups in total. The van der Waals surface area contributed by atoms with Crippen LogP contribution in [0.5, 0.6) is 0 Å². The molecule has 9 nitrogen and oxygen atoms in total. The Bertz CT molecular complexity index is 926. The van der Waals surface area contributed by atoms with Gasteiger partial charge in [0.25, 0.3) is 5.69 Å². The number of non-ortho nitro benzene ring substituents is 1. The number of nitrogens with zero attached hydrogens (tertiary/aromatic N) is 4. The molecular weight excluding hydrogens is 420 g/mol. The Balaban J connectivity index is 2.11. The number of aliphatic imine (C=N–C) groups is 1. The summed E-state index contributed by atoms with van der Waals surface area (Å²) in [6.45, 7) is 6.30. The van der Waals surface area contributed by atoms with Crippen molar-refractivity contribution in [2.75, 3.05) is 13.1 Å². The van der Waals surface area contributed by atoms with E-state index in [0.29, 0.717) is 24.4 Å². The van der Waals surface area contributed by atoms with Crippen LogP contribution in [0.4, 0.5) is 10.5 Å². The van der Waals surface area contributed by atoms with E-state index in [2.05, 4.69) is 4.99 Å². The highest BCUT2D eigenvalue weighted by Crippen LogP contribution is 2.37. The summed E-state index contributed by atoms with van der Waals surface area (Å²) in [5, 5.41) is 11.4. The Morgan fingerprint density at radius 3 is 2.55 bits per heavy atom. The van der Waals surface area contributed by atoms with Crippen LogP contribution in [-0.4, -0.2) is 56.7 Å². The van der Waals surface area contributed by atoms with Crippen LogP contribution in [-0.2, 0) is 9.53 Å². The molecule has 2 aliphatic heterocycles. The third-order valence-electron chi connectivity index (χ3n) is 5.38.